The Morgan fingerprint density at radius 1 is 1.35 bits per heavy atom. The van der Waals surface area contributed by atoms with Gasteiger partial charge in [-0.1, -0.05) is 6.07 Å². The van der Waals surface area contributed by atoms with Crippen LogP contribution in [0.25, 0.3) is 0 Å². The van der Waals surface area contributed by atoms with Gasteiger partial charge in [0.15, 0.2) is 0 Å². The Morgan fingerprint density at radius 2 is 2.06 bits per heavy atom. The van der Waals surface area contributed by atoms with Crippen molar-refractivity contribution in [2.75, 3.05) is 36.5 Å². The van der Waals surface area contributed by atoms with Crippen LogP contribution in [0, 0.1) is 5.82 Å². The molecular weight excluding hydrogens is 235 g/mol. The number of rotatable bonds is 3. The van der Waals surface area contributed by atoms with Gasteiger partial charge in [-0.05, 0) is 26.1 Å². The molecule has 0 saturated carbocycles. The summed E-state index contributed by atoms with van der Waals surface area (Å²) in [5.74, 6) is 2.15. The molecule has 0 aliphatic carbocycles. The van der Waals surface area contributed by atoms with E-state index in [2.05, 4.69) is 10.2 Å². The van der Waals surface area contributed by atoms with Crippen LogP contribution < -0.4 is 10.2 Å². The van der Waals surface area contributed by atoms with Crippen LogP contribution >= 0.6 is 11.8 Å². The van der Waals surface area contributed by atoms with Gasteiger partial charge < -0.3 is 10.2 Å². The molecular formula is C13H19FN2S. The third-order valence-corrected chi connectivity index (χ3v) is 4.19. The summed E-state index contributed by atoms with van der Waals surface area (Å²) in [6.45, 7) is 4.02. The van der Waals surface area contributed by atoms with Crippen molar-refractivity contribution in [2.24, 2.45) is 0 Å². The first-order chi connectivity index (χ1) is 8.24. The van der Waals surface area contributed by atoms with Crippen molar-refractivity contribution in [3.63, 3.8) is 0 Å². The van der Waals surface area contributed by atoms with Crippen molar-refractivity contribution in [2.45, 2.75) is 13.0 Å². The van der Waals surface area contributed by atoms with Gasteiger partial charge in [-0.15, -0.1) is 0 Å². The van der Waals surface area contributed by atoms with Gasteiger partial charge in [-0.3, -0.25) is 0 Å². The van der Waals surface area contributed by atoms with Gasteiger partial charge in [0.05, 0.1) is 0 Å². The van der Waals surface area contributed by atoms with E-state index in [1.54, 1.807) is 12.1 Å². The summed E-state index contributed by atoms with van der Waals surface area (Å²) >= 11 is 1.97. The summed E-state index contributed by atoms with van der Waals surface area (Å²) in [5.41, 5.74) is 1.84. The van der Waals surface area contributed by atoms with Crippen molar-refractivity contribution in [3.05, 3.63) is 29.6 Å². The van der Waals surface area contributed by atoms with E-state index in [4.69, 9.17) is 0 Å². The minimum absolute atomic E-state index is 0.0424. The summed E-state index contributed by atoms with van der Waals surface area (Å²) in [5, 5.41) is 3.13. The van der Waals surface area contributed by atoms with Crippen LogP contribution in [0.1, 0.15) is 18.5 Å². The Kier molecular flexibility index (Phi) is 4.29. The highest BCUT2D eigenvalue weighted by Crippen LogP contribution is 2.30. The fraction of sp³-hybridized carbons (Fsp3) is 0.538. The number of nitrogens with zero attached hydrogens (tertiary/aromatic N) is 1. The number of anilines is 1. The topological polar surface area (TPSA) is 15.3 Å². The number of hydrogen-bond donors (Lipinski definition) is 1. The molecule has 17 heavy (non-hydrogen) atoms. The van der Waals surface area contributed by atoms with Crippen LogP contribution in [0.5, 0.6) is 0 Å². The van der Waals surface area contributed by atoms with Gasteiger partial charge in [-0.2, -0.15) is 11.8 Å². The van der Waals surface area contributed by atoms with E-state index in [-0.39, 0.29) is 11.9 Å². The molecule has 0 amide bonds. The van der Waals surface area contributed by atoms with Crippen LogP contribution in [0.3, 0.4) is 0 Å². The third-order valence-electron chi connectivity index (χ3n) is 3.25. The number of hydrogen-bond acceptors (Lipinski definition) is 3. The number of benzene rings is 1. The largest absolute Gasteiger partial charge is 0.370 e. The first-order valence-corrected chi connectivity index (χ1v) is 7.18. The highest BCUT2D eigenvalue weighted by atomic mass is 32.2. The van der Waals surface area contributed by atoms with E-state index >= 15 is 0 Å². The monoisotopic (exact) mass is 254 g/mol. The molecule has 1 N–H and O–H groups in total. The summed E-state index contributed by atoms with van der Waals surface area (Å²) < 4.78 is 14.0. The van der Waals surface area contributed by atoms with E-state index in [0.29, 0.717) is 0 Å². The summed E-state index contributed by atoms with van der Waals surface area (Å²) in [4.78, 5) is 2.29. The molecule has 1 saturated heterocycles. The fourth-order valence-corrected chi connectivity index (χ4v) is 3.08. The van der Waals surface area contributed by atoms with Gasteiger partial charge >= 0.3 is 0 Å². The minimum atomic E-state index is -0.109. The lowest BCUT2D eigenvalue weighted by Crippen LogP contribution is -2.34. The van der Waals surface area contributed by atoms with Crippen molar-refractivity contribution >= 4 is 17.4 Å². The molecule has 0 aromatic heterocycles. The van der Waals surface area contributed by atoms with E-state index < -0.39 is 0 Å². The zero-order valence-corrected chi connectivity index (χ0v) is 11.2. The second-order valence-electron chi connectivity index (χ2n) is 4.28. The number of nitrogens with one attached hydrogen (secondary N) is 1. The molecule has 0 radical (unpaired) electrons. The Labute approximate surface area is 107 Å². The van der Waals surface area contributed by atoms with Crippen molar-refractivity contribution in [3.8, 4) is 0 Å². The van der Waals surface area contributed by atoms with Crippen LogP contribution in [0.4, 0.5) is 10.1 Å². The minimum Gasteiger partial charge on any atom is -0.370 e. The molecule has 94 valence electrons. The quantitative estimate of drug-likeness (QED) is 0.893. The maximum Gasteiger partial charge on any atom is 0.130 e. The second-order valence-corrected chi connectivity index (χ2v) is 5.51. The average molecular weight is 254 g/mol. The molecule has 1 aliphatic rings. The SMILES string of the molecule is CNC(C)c1c(F)cccc1N1CCSCC1. The first-order valence-electron chi connectivity index (χ1n) is 6.02. The van der Waals surface area contributed by atoms with Gasteiger partial charge in [0.1, 0.15) is 5.82 Å². The van der Waals surface area contributed by atoms with Gasteiger partial charge in [0, 0.05) is 41.9 Å². The predicted molar refractivity (Wildman–Crippen MR) is 73.4 cm³/mol. The molecule has 1 unspecified atom stereocenters. The number of thioether (sulfide) groups is 1. The summed E-state index contributed by atoms with van der Waals surface area (Å²) in [6.07, 6.45) is 0. The molecule has 0 spiro atoms. The van der Waals surface area contributed by atoms with Crippen LogP contribution in [0.15, 0.2) is 18.2 Å². The molecule has 1 aromatic rings. The van der Waals surface area contributed by atoms with Crippen LogP contribution in [-0.2, 0) is 0 Å². The first kappa shape index (κ1) is 12.7. The molecule has 0 bridgehead atoms. The lowest BCUT2D eigenvalue weighted by molar-refractivity contribution is 0.560. The molecule has 1 atom stereocenters. The predicted octanol–water partition coefficient (Wildman–Crippen LogP) is 2.66. The van der Waals surface area contributed by atoms with Crippen molar-refractivity contribution < 1.29 is 4.39 Å². The van der Waals surface area contributed by atoms with Gasteiger partial charge in [-0.25, -0.2) is 4.39 Å². The van der Waals surface area contributed by atoms with E-state index in [1.165, 1.54) is 0 Å². The summed E-state index contributed by atoms with van der Waals surface area (Å²) in [6, 6.07) is 5.42. The second kappa shape index (κ2) is 5.74. The normalized spacial score (nSPS) is 18.2. The van der Waals surface area contributed by atoms with Gasteiger partial charge in [0.2, 0.25) is 0 Å². The maximum atomic E-state index is 14.0. The van der Waals surface area contributed by atoms with E-state index in [0.717, 1.165) is 35.8 Å². The average Bonchev–Trinajstić information content (AvgIpc) is 2.38. The molecule has 1 fully saturated rings. The lowest BCUT2D eigenvalue weighted by atomic mass is 10.0. The van der Waals surface area contributed by atoms with Crippen LogP contribution in [-0.4, -0.2) is 31.6 Å². The van der Waals surface area contributed by atoms with Crippen molar-refractivity contribution in [1.29, 1.82) is 0 Å². The molecule has 1 heterocycles. The molecule has 1 aliphatic heterocycles. The Morgan fingerprint density at radius 3 is 2.71 bits per heavy atom. The summed E-state index contributed by atoms with van der Waals surface area (Å²) in [7, 11) is 1.87. The highest BCUT2D eigenvalue weighted by molar-refractivity contribution is 7.99. The highest BCUT2D eigenvalue weighted by Gasteiger charge is 2.20. The zero-order valence-electron chi connectivity index (χ0n) is 10.4. The third kappa shape index (κ3) is 2.75. The van der Waals surface area contributed by atoms with E-state index in [1.807, 2.05) is 31.8 Å². The smallest absolute Gasteiger partial charge is 0.130 e. The van der Waals surface area contributed by atoms with Gasteiger partial charge in [0.25, 0.3) is 0 Å². The standard InChI is InChI=1S/C13H19FN2S/c1-10(15-2)13-11(14)4-3-5-12(13)16-6-8-17-9-7-16/h3-5,10,15H,6-9H2,1-2H3. The Balaban J connectivity index is 2.34. The molecule has 4 heteroatoms. The van der Waals surface area contributed by atoms with E-state index in [9.17, 15) is 4.39 Å². The fourth-order valence-electron chi connectivity index (χ4n) is 2.18. The Bertz CT molecular complexity index is 378. The lowest BCUT2D eigenvalue weighted by Gasteiger charge is -2.31. The molecule has 2 nitrogen and oxygen atoms in total. The number of halogens is 1. The Hall–Kier alpha value is -0.740. The molecule has 1 aromatic carbocycles. The van der Waals surface area contributed by atoms with Crippen molar-refractivity contribution in [1.82, 2.24) is 5.32 Å². The maximum absolute atomic E-state index is 14.0. The molecule has 2 rings (SSSR count). The zero-order chi connectivity index (χ0) is 12.3. The van der Waals surface area contributed by atoms with Crippen LogP contribution in [0.2, 0.25) is 0 Å².